The Bertz CT molecular complexity index is 120. The molecule has 0 amide bonds. The third-order valence-corrected chi connectivity index (χ3v) is 0. The van der Waals surface area contributed by atoms with Crippen molar-refractivity contribution in [2.45, 2.75) is 0 Å². The summed E-state index contributed by atoms with van der Waals surface area (Å²) in [6.45, 7) is 2.00. The van der Waals surface area contributed by atoms with Gasteiger partial charge in [-0.25, -0.2) is 30.6 Å². The first-order valence-corrected chi connectivity index (χ1v) is 1.65. The quantitative estimate of drug-likeness (QED) is 0.324. The summed E-state index contributed by atoms with van der Waals surface area (Å²) in [6.07, 6.45) is 2.25. The van der Waals surface area contributed by atoms with Gasteiger partial charge in [0.1, 0.15) is 6.79 Å². The largest absolute Gasteiger partial charge is 0.307 e. The molecular weight excluding hydrogens is 154 g/mol. The maximum Gasteiger partial charge on any atom is 0.231 e. The van der Waals surface area contributed by atoms with Crippen molar-refractivity contribution in [2.75, 3.05) is 0 Å². The lowest BCUT2D eigenvalue weighted by molar-refractivity contribution is -0.0979. The Morgan fingerprint density at radius 2 is 0.727 bits per heavy atom. The smallest absolute Gasteiger partial charge is 0.231 e. The third-order valence-electron chi connectivity index (χ3n) is 0. The number of carbonyl (C=O) groups is 1. The molecule has 0 aromatic carbocycles. The molecule has 3 N–H and O–H groups in total. The molecule has 7 heteroatoms. The minimum Gasteiger partial charge on any atom is -0.307 e. The number of hydrogen-bond acceptors (Lipinski definition) is 7. The molecule has 60 valence electrons. The molecule has 0 aromatic heterocycles. The van der Waals surface area contributed by atoms with E-state index in [1.807, 2.05) is 6.79 Å². The minimum absolute atomic E-state index is 0.750. The number of hydrogen-bond donors (Lipinski definition) is 3. The van der Waals surface area contributed by atoms with Crippen LogP contribution in [0.5, 0.6) is 0 Å². The topological polar surface area (TPSA) is 140 Å². The zero-order valence-corrected chi connectivity index (χ0v) is 5.34. The van der Waals surface area contributed by atoms with Gasteiger partial charge in [0.15, 0.2) is 0 Å². The summed E-state index contributed by atoms with van der Waals surface area (Å²) in [5.41, 5.74) is 0. The zero-order chi connectivity index (χ0) is 10.1. The van der Waals surface area contributed by atoms with Crippen LogP contribution in [0.3, 0.4) is 0 Å². The van der Waals surface area contributed by atoms with Crippen molar-refractivity contribution in [3.63, 3.8) is 0 Å². The Hall–Kier alpha value is -2.19. The van der Waals surface area contributed by atoms with E-state index in [9.17, 15) is 0 Å². The molecule has 0 aromatic rings. The molecule has 0 rings (SSSR count). The van der Waals surface area contributed by atoms with E-state index < -0.39 is 0 Å². The lowest BCUT2D eigenvalue weighted by Gasteiger charge is -1.02. The van der Waals surface area contributed by atoms with Crippen molar-refractivity contribution >= 4 is 25.0 Å². The predicted octanol–water partition coefficient (Wildman–Crippen LogP) is -0.482. The highest BCUT2D eigenvalue weighted by atomic mass is 16.1. The lowest BCUT2D eigenvalue weighted by Crippen LogP contribution is -1.16. The van der Waals surface area contributed by atoms with Crippen molar-refractivity contribution in [3.8, 4) is 0 Å². The molecule has 0 unspecified atom stereocenters. The van der Waals surface area contributed by atoms with E-state index in [1.54, 1.807) is 0 Å². The van der Waals surface area contributed by atoms with Gasteiger partial charge in [-0.3, -0.25) is 0 Å². The van der Waals surface area contributed by atoms with Gasteiger partial charge in [-0.05, 0) is 0 Å². The average Bonchev–Trinajstić information content (AvgIpc) is 1.96. The summed E-state index contributed by atoms with van der Waals surface area (Å²) in [6, 6.07) is 0. The Labute approximate surface area is 61.6 Å². The van der Waals surface area contributed by atoms with E-state index in [0.29, 0.717) is 0 Å². The summed E-state index contributed by atoms with van der Waals surface area (Å²) < 4.78 is 0. The summed E-state index contributed by atoms with van der Waals surface area (Å²) in [4.78, 5) is 33.0. The van der Waals surface area contributed by atoms with E-state index in [-0.39, 0.29) is 0 Å². The fourth-order valence-electron chi connectivity index (χ4n) is 0. The second kappa shape index (κ2) is 552. The molecule has 0 spiro atoms. The molecule has 0 saturated carbocycles. The van der Waals surface area contributed by atoms with Gasteiger partial charge in [0, 0.05) is 0 Å². The van der Waals surface area contributed by atoms with Gasteiger partial charge in [-0.2, -0.15) is 0 Å². The molecule has 0 saturated heterocycles. The third kappa shape index (κ3) is 55.0. The summed E-state index contributed by atoms with van der Waals surface area (Å²) in [7, 11) is 0. The summed E-state index contributed by atoms with van der Waals surface area (Å²) in [5, 5.41) is 16.2. The first-order chi connectivity index (χ1) is 5.24. The van der Waals surface area contributed by atoms with Crippen LogP contribution in [-0.4, -0.2) is 25.0 Å². The standard InChI is InChI=1S/3CHNO.CH2O/c3*2-1-3;1-2/h3*2H;1H2. The molecule has 11 heavy (non-hydrogen) atoms. The van der Waals surface area contributed by atoms with E-state index in [2.05, 4.69) is 0 Å². The van der Waals surface area contributed by atoms with E-state index in [4.69, 9.17) is 35.4 Å². The van der Waals surface area contributed by atoms with Crippen LogP contribution < -0.4 is 0 Å². The number of carbonyl (C=O) groups excluding carboxylic acids is 4. The molecule has 0 atom stereocenters. The first kappa shape index (κ1) is 23.2. The van der Waals surface area contributed by atoms with Crippen LogP contribution in [0.15, 0.2) is 0 Å². The van der Waals surface area contributed by atoms with Crippen LogP contribution in [0, 0.1) is 16.2 Å². The summed E-state index contributed by atoms with van der Waals surface area (Å²) >= 11 is 0. The highest BCUT2D eigenvalue weighted by Gasteiger charge is 1.04. The van der Waals surface area contributed by atoms with E-state index in [1.165, 1.54) is 0 Å². The van der Waals surface area contributed by atoms with Gasteiger partial charge >= 0.3 is 0 Å². The van der Waals surface area contributed by atoms with Crippen molar-refractivity contribution < 1.29 is 19.2 Å². The highest BCUT2D eigenvalue weighted by molar-refractivity contribution is 5.26. The Morgan fingerprint density at radius 3 is 0.727 bits per heavy atom. The molecule has 0 heterocycles. The van der Waals surface area contributed by atoms with Gasteiger partial charge in [-0.1, -0.05) is 0 Å². The Morgan fingerprint density at radius 1 is 0.727 bits per heavy atom. The second-order valence-electron chi connectivity index (χ2n) is 0.306. The molecule has 0 aliphatic rings. The van der Waals surface area contributed by atoms with Crippen LogP contribution in [0.1, 0.15) is 0 Å². The van der Waals surface area contributed by atoms with Crippen LogP contribution in [-0.2, 0) is 19.2 Å². The normalized spacial score (nSPS) is 2.55. The number of rotatable bonds is 0. The van der Waals surface area contributed by atoms with Gasteiger partial charge in [0.05, 0.1) is 0 Å². The number of isocyanates is 3. The first-order valence-electron chi connectivity index (χ1n) is 1.65. The fraction of sp³-hybridized carbons (Fsp3) is 0. The molecule has 0 aliphatic carbocycles. The van der Waals surface area contributed by atoms with Gasteiger partial charge in [0.25, 0.3) is 0 Å². The Balaban J connectivity index is -0.0000000301. The lowest BCUT2D eigenvalue weighted by atomic mass is 11.7. The molecule has 0 bridgehead atoms. The van der Waals surface area contributed by atoms with Crippen LogP contribution in [0.4, 0.5) is 0 Å². The van der Waals surface area contributed by atoms with Gasteiger partial charge in [-0.15, -0.1) is 0 Å². The molecule has 0 radical (unpaired) electrons. The van der Waals surface area contributed by atoms with Crippen LogP contribution >= 0.6 is 0 Å². The van der Waals surface area contributed by atoms with Crippen LogP contribution in [0.25, 0.3) is 0 Å². The minimum atomic E-state index is 0.750. The zero-order valence-electron chi connectivity index (χ0n) is 5.34. The van der Waals surface area contributed by atoms with Crippen molar-refractivity contribution in [3.05, 3.63) is 0 Å². The molecular formula is C4H5N3O4. The maximum atomic E-state index is 8.35. The predicted molar refractivity (Wildman–Crippen MR) is 32.4 cm³/mol. The molecule has 0 aliphatic heterocycles. The van der Waals surface area contributed by atoms with Gasteiger partial charge in [0.2, 0.25) is 18.2 Å². The highest BCUT2D eigenvalue weighted by Crippen LogP contribution is 0.874. The van der Waals surface area contributed by atoms with E-state index >= 15 is 0 Å². The monoisotopic (exact) mass is 159 g/mol. The average molecular weight is 159 g/mol. The van der Waals surface area contributed by atoms with Crippen LogP contribution in [0.2, 0.25) is 0 Å². The Kier molecular flexibility index (Phi) is 1170. The van der Waals surface area contributed by atoms with E-state index in [0.717, 1.165) is 18.2 Å². The summed E-state index contributed by atoms with van der Waals surface area (Å²) in [5.74, 6) is 0. The molecule has 7 nitrogen and oxygen atoms in total. The number of nitrogens with one attached hydrogen (secondary N) is 3. The van der Waals surface area contributed by atoms with Crippen molar-refractivity contribution in [2.24, 2.45) is 0 Å². The fourth-order valence-corrected chi connectivity index (χ4v) is 0. The maximum absolute atomic E-state index is 8.35. The van der Waals surface area contributed by atoms with Crippen molar-refractivity contribution in [1.29, 1.82) is 16.2 Å². The van der Waals surface area contributed by atoms with Crippen molar-refractivity contribution in [1.82, 2.24) is 0 Å². The second-order valence-corrected chi connectivity index (χ2v) is 0.306. The SMILES string of the molecule is C=O.N=C=O.N=C=O.N=C=O. The van der Waals surface area contributed by atoms with Gasteiger partial charge < -0.3 is 4.79 Å². The molecule has 0 fully saturated rings.